The Bertz CT molecular complexity index is 911. The molecule has 1 N–H and O–H groups in total. The lowest BCUT2D eigenvalue weighted by Crippen LogP contribution is -2.58. The van der Waals surface area contributed by atoms with Crippen molar-refractivity contribution in [1.29, 1.82) is 0 Å². The molecule has 2 aromatic carbocycles. The fourth-order valence-electron chi connectivity index (χ4n) is 4.37. The van der Waals surface area contributed by atoms with Crippen molar-refractivity contribution in [1.82, 2.24) is 0 Å². The minimum absolute atomic E-state index is 0.202. The number of aliphatic hydroxyl groups excluding tert-OH is 1. The van der Waals surface area contributed by atoms with Gasteiger partial charge in [0, 0.05) is 5.56 Å². The van der Waals surface area contributed by atoms with Crippen molar-refractivity contribution in [2.24, 2.45) is 0 Å². The number of carbonyl (C=O) groups is 1. The molecular formula is C25H32NO7+. The van der Waals surface area contributed by atoms with Gasteiger partial charge in [0.05, 0.1) is 39.1 Å². The Kier molecular flexibility index (Phi) is 7.82. The molecule has 2 atom stereocenters. The number of aliphatic hydroxyl groups is 1. The molecule has 0 aliphatic carbocycles. The summed E-state index contributed by atoms with van der Waals surface area (Å²) in [6.45, 7) is 5.24. The van der Waals surface area contributed by atoms with Gasteiger partial charge in [-0.25, -0.2) is 4.79 Å². The molecule has 0 spiro atoms. The molecule has 2 aliphatic rings. The van der Waals surface area contributed by atoms with Gasteiger partial charge in [-0.1, -0.05) is 24.3 Å². The Morgan fingerprint density at radius 2 is 1.85 bits per heavy atom. The first-order valence-corrected chi connectivity index (χ1v) is 11.3. The Hall–Kier alpha value is -2.65. The van der Waals surface area contributed by atoms with Crippen LogP contribution in [0.5, 0.6) is 11.5 Å². The van der Waals surface area contributed by atoms with Crippen LogP contribution in [0.1, 0.15) is 15.9 Å². The minimum Gasteiger partial charge on any atom is -0.486 e. The molecule has 33 heavy (non-hydrogen) atoms. The maximum Gasteiger partial charge on any atom is 0.337 e. The van der Waals surface area contributed by atoms with E-state index in [1.54, 1.807) is 12.1 Å². The van der Waals surface area contributed by atoms with E-state index in [0.717, 1.165) is 30.9 Å². The summed E-state index contributed by atoms with van der Waals surface area (Å²) in [5.41, 5.74) is 1.63. The summed E-state index contributed by atoms with van der Waals surface area (Å²) in [4.78, 5) is 11.7. The molecule has 1 saturated heterocycles. The van der Waals surface area contributed by atoms with Gasteiger partial charge in [-0.05, 0) is 24.3 Å². The highest BCUT2D eigenvalue weighted by molar-refractivity contribution is 5.89. The summed E-state index contributed by atoms with van der Waals surface area (Å²) in [5.74, 6) is 1.11. The van der Waals surface area contributed by atoms with Gasteiger partial charge in [0.1, 0.15) is 38.9 Å². The lowest BCUT2D eigenvalue weighted by atomic mass is 10.1. The van der Waals surface area contributed by atoms with Crippen LogP contribution < -0.4 is 9.47 Å². The largest absolute Gasteiger partial charge is 0.486 e. The van der Waals surface area contributed by atoms with E-state index in [9.17, 15) is 9.90 Å². The summed E-state index contributed by atoms with van der Waals surface area (Å²) in [5, 5.41) is 10.8. The standard InChI is InChI=1S/C25H32NO7/c1-29-25(28)20-8-6-19(7-9-20)14-26(10-12-30-13-11-26)15-21(27)16-31-17-22-18-32-23-4-2-3-5-24(23)33-22/h2-9,21-22,27H,10-18H2,1H3/q+1/t21-,22+/m1/s1. The van der Waals surface area contributed by atoms with Crippen LogP contribution in [0.15, 0.2) is 48.5 Å². The molecule has 1 fully saturated rings. The lowest BCUT2D eigenvalue weighted by Gasteiger charge is -2.42. The Morgan fingerprint density at radius 1 is 1.12 bits per heavy atom. The topological polar surface area (TPSA) is 83.5 Å². The van der Waals surface area contributed by atoms with Crippen molar-refractivity contribution in [2.75, 3.05) is 59.8 Å². The second kappa shape index (κ2) is 11.0. The van der Waals surface area contributed by atoms with E-state index in [4.69, 9.17) is 23.7 Å². The average molecular weight is 459 g/mol. The maximum absolute atomic E-state index is 11.7. The van der Waals surface area contributed by atoms with Crippen molar-refractivity contribution in [3.05, 3.63) is 59.7 Å². The van der Waals surface area contributed by atoms with Crippen molar-refractivity contribution in [3.8, 4) is 11.5 Å². The van der Waals surface area contributed by atoms with Crippen LogP contribution in [0, 0.1) is 0 Å². The van der Waals surface area contributed by atoms with E-state index < -0.39 is 6.10 Å². The van der Waals surface area contributed by atoms with E-state index in [1.807, 2.05) is 36.4 Å². The van der Waals surface area contributed by atoms with Gasteiger partial charge < -0.3 is 33.3 Å². The summed E-state index contributed by atoms with van der Waals surface area (Å²) < 4.78 is 28.5. The molecule has 2 heterocycles. The highest BCUT2D eigenvalue weighted by Crippen LogP contribution is 2.30. The number of esters is 1. The number of nitrogens with zero attached hydrogens (tertiary/aromatic N) is 1. The Balaban J connectivity index is 1.29. The summed E-state index contributed by atoms with van der Waals surface area (Å²) >= 11 is 0. The molecule has 0 bridgehead atoms. The second-order valence-corrected chi connectivity index (χ2v) is 8.62. The molecule has 0 amide bonds. The number of methoxy groups -OCH3 is 1. The van der Waals surface area contributed by atoms with E-state index in [1.165, 1.54) is 7.11 Å². The van der Waals surface area contributed by atoms with Gasteiger partial charge in [0.25, 0.3) is 0 Å². The number of fused-ring (bicyclic) bond motifs is 1. The van der Waals surface area contributed by atoms with Crippen molar-refractivity contribution in [2.45, 2.75) is 18.8 Å². The molecule has 8 nitrogen and oxygen atoms in total. The molecule has 8 heteroatoms. The monoisotopic (exact) mass is 458 g/mol. The van der Waals surface area contributed by atoms with Gasteiger partial charge in [-0.15, -0.1) is 0 Å². The normalized spacial score (nSPS) is 20.1. The van der Waals surface area contributed by atoms with Crippen LogP contribution in [-0.4, -0.2) is 87.5 Å². The number of carbonyl (C=O) groups excluding carboxylic acids is 1. The van der Waals surface area contributed by atoms with Gasteiger partial charge in [-0.3, -0.25) is 0 Å². The first-order chi connectivity index (χ1) is 16.1. The highest BCUT2D eigenvalue weighted by atomic mass is 16.6. The highest BCUT2D eigenvalue weighted by Gasteiger charge is 2.33. The number of morpholine rings is 1. The molecule has 0 aromatic heterocycles. The number of hydrogen-bond acceptors (Lipinski definition) is 7. The minimum atomic E-state index is -0.616. The van der Waals surface area contributed by atoms with Crippen molar-refractivity contribution in [3.63, 3.8) is 0 Å². The van der Waals surface area contributed by atoms with Crippen LogP contribution >= 0.6 is 0 Å². The fourth-order valence-corrected chi connectivity index (χ4v) is 4.37. The van der Waals surface area contributed by atoms with Gasteiger partial charge >= 0.3 is 5.97 Å². The predicted octanol–water partition coefficient (Wildman–Crippen LogP) is 2.04. The molecule has 178 valence electrons. The molecule has 2 aromatic rings. The van der Waals surface area contributed by atoms with E-state index in [2.05, 4.69) is 0 Å². The predicted molar refractivity (Wildman–Crippen MR) is 120 cm³/mol. The number of para-hydroxylation sites is 2. The third kappa shape index (κ3) is 6.23. The van der Waals surface area contributed by atoms with E-state index in [0.29, 0.717) is 48.8 Å². The summed E-state index contributed by atoms with van der Waals surface area (Å²) in [7, 11) is 1.37. The van der Waals surface area contributed by atoms with Crippen LogP contribution in [0.2, 0.25) is 0 Å². The zero-order valence-corrected chi connectivity index (χ0v) is 19.0. The van der Waals surface area contributed by atoms with Crippen molar-refractivity contribution < 1.29 is 38.1 Å². The fraction of sp³-hybridized carbons (Fsp3) is 0.480. The number of benzene rings is 2. The van der Waals surface area contributed by atoms with Crippen LogP contribution in [0.4, 0.5) is 0 Å². The lowest BCUT2D eigenvalue weighted by molar-refractivity contribution is -0.950. The summed E-state index contributed by atoms with van der Waals surface area (Å²) in [6.07, 6.45) is -0.818. The molecule has 2 aliphatic heterocycles. The zero-order chi connectivity index (χ0) is 23.1. The first kappa shape index (κ1) is 23.5. The number of quaternary nitrogens is 1. The van der Waals surface area contributed by atoms with Gasteiger partial charge in [0.15, 0.2) is 17.6 Å². The second-order valence-electron chi connectivity index (χ2n) is 8.62. The van der Waals surface area contributed by atoms with E-state index >= 15 is 0 Å². The molecule has 0 radical (unpaired) electrons. The molecular weight excluding hydrogens is 426 g/mol. The quantitative estimate of drug-likeness (QED) is 0.455. The third-order valence-electron chi connectivity index (χ3n) is 6.09. The SMILES string of the molecule is COC(=O)c1ccc(C[N+]2(C[C@@H](O)COC[C@H]3COc4ccccc4O3)CCOCC2)cc1. The number of ether oxygens (including phenoxy) is 5. The summed E-state index contributed by atoms with van der Waals surface area (Å²) in [6, 6.07) is 15.0. The maximum atomic E-state index is 11.7. The smallest absolute Gasteiger partial charge is 0.337 e. The molecule has 0 unspecified atom stereocenters. The molecule has 4 rings (SSSR count). The van der Waals surface area contributed by atoms with Crippen molar-refractivity contribution >= 4 is 5.97 Å². The zero-order valence-electron chi connectivity index (χ0n) is 19.0. The van der Waals surface area contributed by atoms with Gasteiger partial charge in [0.2, 0.25) is 0 Å². The average Bonchev–Trinajstić information content (AvgIpc) is 2.84. The van der Waals surface area contributed by atoms with E-state index in [-0.39, 0.29) is 18.7 Å². The number of rotatable bonds is 9. The first-order valence-electron chi connectivity index (χ1n) is 11.3. The van der Waals surface area contributed by atoms with Crippen LogP contribution in [0.25, 0.3) is 0 Å². The third-order valence-corrected chi connectivity index (χ3v) is 6.09. The molecule has 0 saturated carbocycles. The Morgan fingerprint density at radius 3 is 2.58 bits per heavy atom. The van der Waals surface area contributed by atoms with Gasteiger partial charge in [-0.2, -0.15) is 0 Å². The van der Waals surface area contributed by atoms with Crippen LogP contribution in [0.3, 0.4) is 0 Å². The number of hydrogen-bond donors (Lipinski definition) is 1. The van der Waals surface area contributed by atoms with Crippen LogP contribution in [-0.2, 0) is 20.8 Å². The Labute approximate surface area is 194 Å².